The summed E-state index contributed by atoms with van der Waals surface area (Å²) in [7, 11) is -3.53. The van der Waals surface area contributed by atoms with Crippen molar-refractivity contribution in [3.05, 3.63) is 77.6 Å². The van der Waals surface area contributed by atoms with Gasteiger partial charge in [0.2, 0.25) is 15.9 Å². The number of carbonyl (C=O) groups is 1. The first kappa shape index (κ1) is 24.1. The van der Waals surface area contributed by atoms with E-state index in [0.29, 0.717) is 49.8 Å². The predicted octanol–water partition coefficient (Wildman–Crippen LogP) is 2.59. The average Bonchev–Trinajstić information content (AvgIpc) is 3.27. The molecule has 34 heavy (non-hydrogen) atoms. The molecule has 0 saturated carbocycles. The average molecular weight is 487 g/mol. The number of amides is 1. The number of morpholine rings is 1. The van der Waals surface area contributed by atoms with Crippen molar-refractivity contribution in [2.45, 2.75) is 31.2 Å². The largest absolute Gasteiger partial charge is 0.379 e. The molecule has 1 N–H and O–H groups in total. The number of imidazole rings is 1. The van der Waals surface area contributed by atoms with E-state index in [9.17, 15) is 17.6 Å². The van der Waals surface area contributed by atoms with E-state index in [4.69, 9.17) is 4.74 Å². The van der Waals surface area contributed by atoms with Crippen LogP contribution in [0, 0.1) is 12.7 Å². The standard InChI is InChI=1S/C24H27FN4O4S/c1-18-26-10-11-29(18)23-8-4-20(16-22(23)25)17-27-24(30)9-5-19-2-6-21(7-3-19)34(31,32)28-12-14-33-15-13-28/h2-4,6-8,10-11,16H,5,9,12-15,17H2,1H3,(H,27,30). The highest BCUT2D eigenvalue weighted by Gasteiger charge is 2.26. The maximum absolute atomic E-state index is 14.5. The molecule has 180 valence electrons. The molecule has 1 saturated heterocycles. The Labute approximate surface area is 198 Å². The number of aryl methyl sites for hydroxylation is 2. The maximum Gasteiger partial charge on any atom is 0.243 e. The fourth-order valence-corrected chi connectivity index (χ4v) is 5.21. The zero-order chi connectivity index (χ0) is 24.1. The molecule has 0 atom stereocenters. The van der Waals surface area contributed by atoms with Gasteiger partial charge in [-0.05, 0) is 48.7 Å². The first-order valence-electron chi connectivity index (χ1n) is 11.1. The molecule has 0 spiro atoms. The van der Waals surface area contributed by atoms with Gasteiger partial charge in [0.15, 0.2) is 0 Å². The molecule has 1 amide bonds. The molecule has 1 aromatic heterocycles. The van der Waals surface area contributed by atoms with Gasteiger partial charge < -0.3 is 14.6 Å². The zero-order valence-corrected chi connectivity index (χ0v) is 19.7. The lowest BCUT2D eigenvalue weighted by Crippen LogP contribution is -2.40. The van der Waals surface area contributed by atoms with Gasteiger partial charge in [0.05, 0.1) is 23.8 Å². The molecular weight excluding hydrogens is 459 g/mol. The topological polar surface area (TPSA) is 93.5 Å². The molecule has 8 nitrogen and oxygen atoms in total. The lowest BCUT2D eigenvalue weighted by Gasteiger charge is -2.26. The Hall–Kier alpha value is -3.08. The number of nitrogens with one attached hydrogen (secondary N) is 1. The van der Waals surface area contributed by atoms with Crippen LogP contribution in [-0.4, -0.2) is 54.5 Å². The van der Waals surface area contributed by atoms with E-state index in [0.717, 1.165) is 5.56 Å². The van der Waals surface area contributed by atoms with Gasteiger partial charge in [0, 0.05) is 38.4 Å². The number of ether oxygens (including phenoxy) is 1. The first-order chi connectivity index (χ1) is 16.3. The van der Waals surface area contributed by atoms with Crippen LogP contribution in [-0.2, 0) is 32.5 Å². The Morgan fingerprint density at radius 3 is 2.47 bits per heavy atom. The van der Waals surface area contributed by atoms with Crippen molar-refractivity contribution in [3.8, 4) is 5.69 Å². The lowest BCUT2D eigenvalue weighted by atomic mass is 10.1. The third kappa shape index (κ3) is 5.52. The molecule has 1 aliphatic heterocycles. The molecule has 0 unspecified atom stereocenters. The van der Waals surface area contributed by atoms with E-state index in [1.807, 2.05) is 0 Å². The van der Waals surface area contributed by atoms with Crippen LogP contribution in [0.25, 0.3) is 5.69 Å². The molecule has 2 aromatic carbocycles. The van der Waals surface area contributed by atoms with Gasteiger partial charge in [-0.3, -0.25) is 4.79 Å². The van der Waals surface area contributed by atoms with Crippen molar-refractivity contribution in [1.82, 2.24) is 19.2 Å². The number of aromatic nitrogens is 2. The summed E-state index contributed by atoms with van der Waals surface area (Å²) in [5, 5.41) is 2.80. The number of hydrogen-bond donors (Lipinski definition) is 1. The smallest absolute Gasteiger partial charge is 0.243 e. The highest BCUT2D eigenvalue weighted by molar-refractivity contribution is 7.89. The minimum atomic E-state index is -3.53. The summed E-state index contributed by atoms with van der Waals surface area (Å²) in [4.78, 5) is 16.6. The Bertz CT molecular complexity index is 1250. The van der Waals surface area contributed by atoms with Crippen molar-refractivity contribution < 1.29 is 22.3 Å². The lowest BCUT2D eigenvalue weighted by molar-refractivity contribution is -0.121. The van der Waals surface area contributed by atoms with E-state index >= 15 is 0 Å². The van der Waals surface area contributed by atoms with Crippen LogP contribution < -0.4 is 5.32 Å². The summed E-state index contributed by atoms with van der Waals surface area (Å²) >= 11 is 0. The van der Waals surface area contributed by atoms with Gasteiger partial charge in [-0.1, -0.05) is 18.2 Å². The number of benzene rings is 2. The molecule has 0 radical (unpaired) electrons. The summed E-state index contributed by atoms with van der Waals surface area (Å²) < 4.78 is 48.2. The highest BCUT2D eigenvalue weighted by Crippen LogP contribution is 2.19. The molecule has 1 fully saturated rings. The summed E-state index contributed by atoms with van der Waals surface area (Å²) in [6.45, 7) is 3.50. The van der Waals surface area contributed by atoms with Crippen molar-refractivity contribution in [3.63, 3.8) is 0 Å². The second-order valence-corrected chi connectivity index (χ2v) is 10.0. The minimum absolute atomic E-state index is 0.167. The predicted molar refractivity (Wildman–Crippen MR) is 124 cm³/mol. The maximum atomic E-state index is 14.5. The fraction of sp³-hybridized carbons (Fsp3) is 0.333. The van der Waals surface area contributed by atoms with Gasteiger partial charge in [-0.2, -0.15) is 4.31 Å². The molecule has 0 bridgehead atoms. The van der Waals surface area contributed by atoms with Crippen molar-refractivity contribution in [1.29, 1.82) is 0 Å². The van der Waals surface area contributed by atoms with Gasteiger partial charge in [-0.25, -0.2) is 17.8 Å². The number of carbonyl (C=O) groups excluding carboxylic acids is 1. The van der Waals surface area contributed by atoms with E-state index < -0.39 is 10.0 Å². The monoisotopic (exact) mass is 486 g/mol. The summed E-state index contributed by atoms with van der Waals surface area (Å²) in [6.07, 6.45) is 4.01. The van der Waals surface area contributed by atoms with Crippen LogP contribution in [0.15, 0.2) is 59.8 Å². The Kier molecular flexibility index (Phi) is 7.40. The van der Waals surface area contributed by atoms with Crippen LogP contribution in [0.2, 0.25) is 0 Å². The van der Waals surface area contributed by atoms with Crippen LogP contribution in [0.3, 0.4) is 0 Å². The minimum Gasteiger partial charge on any atom is -0.379 e. The molecule has 0 aliphatic carbocycles. The van der Waals surface area contributed by atoms with Crippen molar-refractivity contribution in [2.24, 2.45) is 0 Å². The van der Waals surface area contributed by atoms with Gasteiger partial charge >= 0.3 is 0 Å². The summed E-state index contributed by atoms with van der Waals surface area (Å²) in [5.41, 5.74) is 1.93. The number of nitrogens with zero attached hydrogens (tertiary/aromatic N) is 3. The fourth-order valence-electron chi connectivity index (χ4n) is 3.80. The van der Waals surface area contributed by atoms with E-state index in [1.54, 1.807) is 60.3 Å². The Morgan fingerprint density at radius 2 is 1.82 bits per heavy atom. The third-order valence-electron chi connectivity index (χ3n) is 5.76. The summed E-state index contributed by atoms with van der Waals surface area (Å²) in [5.74, 6) is 0.131. The van der Waals surface area contributed by atoms with Gasteiger partial charge in [0.25, 0.3) is 0 Å². The molecular formula is C24H27FN4O4S. The van der Waals surface area contributed by atoms with Crippen molar-refractivity contribution in [2.75, 3.05) is 26.3 Å². The van der Waals surface area contributed by atoms with E-state index in [1.165, 1.54) is 10.4 Å². The molecule has 4 rings (SSSR count). The number of hydrogen-bond acceptors (Lipinski definition) is 5. The first-order valence-corrected chi connectivity index (χ1v) is 12.5. The van der Waals surface area contributed by atoms with Crippen molar-refractivity contribution >= 4 is 15.9 Å². The normalized spacial score (nSPS) is 14.8. The zero-order valence-electron chi connectivity index (χ0n) is 18.9. The molecule has 1 aliphatic rings. The number of halogens is 1. The highest BCUT2D eigenvalue weighted by atomic mass is 32.2. The Morgan fingerprint density at radius 1 is 1.12 bits per heavy atom. The molecule has 10 heteroatoms. The van der Waals surface area contributed by atoms with Gasteiger partial charge in [-0.15, -0.1) is 0 Å². The summed E-state index contributed by atoms with van der Waals surface area (Å²) in [6, 6.07) is 11.4. The van der Waals surface area contributed by atoms with Crippen LogP contribution >= 0.6 is 0 Å². The molecule has 2 heterocycles. The molecule has 3 aromatic rings. The SMILES string of the molecule is Cc1nccn1-c1ccc(CNC(=O)CCc2ccc(S(=O)(=O)N3CCOCC3)cc2)cc1F. The Balaban J connectivity index is 1.28. The number of rotatable bonds is 8. The van der Waals surface area contributed by atoms with E-state index in [-0.39, 0.29) is 29.6 Å². The van der Waals surface area contributed by atoms with Gasteiger partial charge in [0.1, 0.15) is 11.6 Å². The van der Waals surface area contributed by atoms with Crippen LogP contribution in [0.1, 0.15) is 23.4 Å². The second-order valence-electron chi connectivity index (χ2n) is 8.07. The quantitative estimate of drug-likeness (QED) is 0.528. The van der Waals surface area contributed by atoms with E-state index in [2.05, 4.69) is 10.3 Å². The van der Waals surface area contributed by atoms with Crippen LogP contribution in [0.4, 0.5) is 4.39 Å². The third-order valence-corrected chi connectivity index (χ3v) is 7.67. The number of sulfonamides is 1. The van der Waals surface area contributed by atoms with Crippen LogP contribution in [0.5, 0.6) is 0 Å². The second kappa shape index (κ2) is 10.5.